The van der Waals surface area contributed by atoms with Crippen LogP contribution < -0.4 is 10.9 Å². The van der Waals surface area contributed by atoms with Gasteiger partial charge in [0, 0.05) is 23.6 Å². The van der Waals surface area contributed by atoms with Gasteiger partial charge >= 0.3 is 0 Å². The molecule has 4 unspecified atom stereocenters. The van der Waals surface area contributed by atoms with Gasteiger partial charge in [-0.05, 0) is 24.1 Å². The number of para-hydroxylation sites is 1. The molecular formula is C25H24FN3O2. The Morgan fingerprint density at radius 1 is 0.839 bits per heavy atom. The van der Waals surface area contributed by atoms with Crippen LogP contribution in [0.4, 0.5) is 4.39 Å². The number of hydrazine groups is 1. The molecule has 2 saturated heterocycles. The summed E-state index contributed by atoms with van der Waals surface area (Å²) in [6.07, 6.45) is 0.686. The van der Waals surface area contributed by atoms with E-state index in [4.69, 9.17) is 0 Å². The van der Waals surface area contributed by atoms with E-state index in [2.05, 4.69) is 10.9 Å². The number of benzene rings is 3. The number of aromatic hydroxyl groups is 1. The fourth-order valence-electron chi connectivity index (χ4n) is 4.95. The van der Waals surface area contributed by atoms with Crippen LogP contribution in [0.2, 0.25) is 0 Å². The first-order valence-corrected chi connectivity index (χ1v) is 10.5. The summed E-state index contributed by atoms with van der Waals surface area (Å²) in [4.78, 5) is 15.2. The first-order valence-electron chi connectivity index (χ1n) is 10.5. The Morgan fingerprint density at radius 2 is 1.48 bits per heavy atom. The minimum atomic E-state index is -0.495. The van der Waals surface area contributed by atoms with E-state index < -0.39 is 12.1 Å². The Balaban J connectivity index is 1.54. The van der Waals surface area contributed by atoms with Crippen LogP contribution in [0.1, 0.15) is 28.8 Å². The number of hydrogen-bond acceptors (Lipinski definition) is 4. The number of fused-ring (bicyclic) bond motifs is 1. The molecule has 2 fully saturated rings. The van der Waals surface area contributed by atoms with Crippen LogP contribution in [-0.2, 0) is 11.2 Å². The summed E-state index contributed by atoms with van der Waals surface area (Å²) in [5.41, 5.74) is 8.62. The molecule has 0 saturated carbocycles. The van der Waals surface area contributed by atoms with E-state index in [0.29, 0.717) is 24.1 Å². The zero-order valence-corrected chi connectivity index (χ0v) is 16.9. The molecule has 3 aromatic carbocycles. The van der Waals surface area contributed by atoms with Crippen LogP contribution in [0.5, 0.6) is 5.75 Å². The fraction of sp³-hybridized carbons (Fsp3) is 0.240. The van der Waals surface area contributed by atoms with Gasteiger partial charge in [0.15, 0.2) is 0 Å². The molecule has 6 heteroatoms. The summed E-state index contributed by atoms with van der Waals surface area (Å²) in [5.74, 6) is -0.494. The average Bonchev–Trinajstić information content (AvgIpc) is 3.33. The van der Waals surface area contributed by atoms with Crippen LogP contribution in [0.15, 0.2) is 78.9 Å². The average molecular weight is 417 g/mol. The first kappa shape index (κ1) is 19.7. The highest BCUT2D eigenvalue weighted by molar-refractivity contribution is 5.86. The quantitative estimate of drug-likeness (QED) is 0.595. The lowest BCUT2D eigenvalue weighted by Gasteiger charge is -2.31. The number of carbonyl (C=O) groups excluding carboxylic acids is 1. The Labute approximate surface area is 180 Å². The summed E-state index contributed by atoms with van der Waals surface area (Å²) in [6, 6.07) is 22.4. The molecule has 1 amide bonds. The van der Waals surface area contributed by atoms with Crippen molar-refractivity contribution in [1.82, 2.24) is 15.8 Å². The van der Waals surface area contributed by atoms with Gasteiger partial charge in [-0.3, -0.25) is 4.79 Å². The maximum Gasteiger partial charge on any atom is 0.242 e. The number of nitrogens with zero attached hydrogens (tertiary/aromatic N) is 1. The van der Waals surface area contributed by atoms with Crippen LogP contribution in [0, 0.1) is 11.7 Å². The number of phenols is 1. The van der Waals surface area contributed by atoms with Crippen molar-refractivity contribution in [2.75, 3.05) is 6.54 Å². The van der Waals surface area contributed by atoms with Gasteiger partial charge in [-0.25, -0.2) is 15.2 Å². The van der Waals surface area contributed by atoms with Crippen molar-refractivity contribution >= 4 is 5.91 Å². The number of rotatable bonds is 5. The SMILES string of the molecule is O=C1C2NNC(c3ccccc3O)C2C(c2ccccc2F)N1CCc1ccccc1. The van der Waals surface area contributed by atoms with Gasteiger partial charge in [0.05, 0.1) is 12.1 Å². The Bertz CT molecular complexity index is 1090. The van der Waals surface area contributed by atoms with Crippen molar-refractivity contribution in [1.29, 1.82) is 0 Å². The zero-order chi connectivity index (χ0) is 21.4. The number of halogens is 1. The van der Waals surface area contributed by atoms with Crippen molar-refractivity contribution in [2.24, 2.45) is 5.92 Å². The van der Waals surface area contributed by atoms with E-state index in [1.54, 1.807) is 35.2 Å². The molecule has 4 atom stereocenters. The predicted octanol–water partition coefficient (Wildman–Crippen LogP) is 3.49. The molecule has 158 valence electrons. The summed E-state index contributed by atoms with van der Waals surface area (Å²) in [5, 5.41) is 10.4. The molecule has 0 aromatic heterocycles. The summed E-state index contributed by atoms with van der Waals surface area (Å²) in [7, 11) is 0. The van der Waals surface area contributed by atoms with E-state index in [1.807, 2.05) is 42.5 Å². The molecule has 31 heavy (non-hydrogen) atoms. The lowest BCUT2D eigenvalue weighted by atomic mass is 9.83. The highest BCUT2D eigenvalue weighted by atomic mass is 19.1. The van der Waals surface area contributed by atoms with E-state index in [1.165, 1.54) is 6.07 Å². The van der Waals surface area contributed by atoms with E-state index in [9.17, 15) is 14.3 Å². The zero-order valence-electron chi connectivity index (χ0n) is 16.9. The lowest BCUT2D eigenvalue weighted by molar-refractivity contribution is -0.130. The van der Waals surface area contributed by atoms with E-state index in [-0.39, 0.29) is 29.4 Å². The highest BCUT2D eigenvalue weighted by Crippen LogP contribution is 2.48. The smallest absolute Gasteiger partial charge is 0.242 e. The highest BCUT2D eigenvalue weighted by Gasteiger charge is 2.56. The van der Waals surface area contributed by atoms with Crippen molar-refractivity contribution < 1.29 is 14.3 Å². The molecule has 5 nitrogen and oxygen atoms in total. The second kappa shape index (κ2) is 8.13. The van der Waals surface area contributed by atoms with Crippen LogP contribution in [-0.4, -0.2) is 28.5 Å². The number of amides is 1. The third-order valence-electron chi connectivity index (χ3n) is 6.39. The summed E-state index contributed by atoms with van der Waals surface area (Å²) in [6.45, 7) is 0.490. The number of carbonyl (C=O) groups is 1. The lowest BCUT2D eigenvalue weighted by Crippen LogP contribution is -2.42. The monoisotopic (exact) mass is 417 g/mol. The van der Waals surface area contributed by atoms with Crippen LogP contribution in [0.3, 0.4) is 0 Å². The molecule has 2 aliphatic rings. The molecule has 0 aliphatic carbocycles. The Kier molecular flexibility index (Phi) is 5.18. The van der Waals surface area contributed by atoms with Gasteiger partial charge < -0.3 is 10.0 Å². The topological polar surface area (TPSA) is 64.6 Å². The van der Waals surface area contributed by atoms with Crippen molar-refractivity contribution in [3.8, 4) is 5.75 Å². The fourth-order valence-corrected chi connectivity index (χ4v) is 4.95. The molecule has 2 aliphatic heterocycles. The minimum absolute atomic E-state index is 0.0559. The maximum absolute atomic E-state index is 14.9. The molecule has 2 heterocycles. The normalized spacial score (nSPS) is 25.1. The van der Waals surface area contributed by atoms with Gasteiger partial charge in [0.2, 0.25) is 5.91 Å². The Hall–Kier alpha value is -3.22. The standard InChI is InChI=1S/C25H24FN3O2/c26-19-12-6-4-10-17(19)24-21-22(18-11-5-7-13-20(18)30)27-28-23(21)25(31)29(24)15-14-16-8-2-1-3-9-16/h1-13,21-24,27-28,30H,14-15H2. The summed E-state index contributed by atoms with van der Waals surface area (Å²) < 4.78 is 14.9. The molecule has 0 spiro atoms. The molecular weight excluding hydrogens is 393 g/mol. The molecule has 3 aromatic rings. The number of phenolic OH excluding ortho intramolecular Hbond substituents is 1. The molecule has 3 N–H and O–H groups in total. The van der Waals surface area contributed by atoms with Crippen molar-refractivity contribution in [3.63, 3.8) is 0 Å². The summed E-state index contributed by atoms with van der Waals surface area (Å²) >= 11 is 0. The maximum atomic E-state index is 14.9. The van der Waals surface area contributed by atoms with Gasteiger partial charge in [-0.15, -0.1) is 0 Å². The molecule has 0 bridgehead atoms. The van der Waals surface area contributed by atoms with E-state index >= 15 is 0 Å². The number of nitrogens with one attached hydrogen (secondary N) is 2. The van der Waals surface area contributed by atoms with Gasteiger partial charge in [0.25, 0.3) is 0 Å². The number of likely N-dealkylation sites (tertiary alicyclic amines) is 1. The third-order valence-corrected chi connectivity index (χ3v) is 6.39. The van der Waals surface area contributed by atoms with Crippen molar-refractivity contribution in [2.45, 2.75) is 24.5 Å². The van der Waals surface area contributed by atoms with Gasteiger partial charge in [-0.2, -0.15) is 0 Å². The Morgan fingerprint density at radius 3 is 2.23 bits per heavy atom. The number of hydrogen-bond donors (Lipinski definition) is 3. The molecule has 5 rings (SSSR count). The minimum Gasteiger partial charge on any atom is -0.508 e. The second-order valence-corrected chi connectivity index (χ2v) is 8.11. The third kappa shape index (κ3) is 3.48. The van der Waals surface area contributed by atoms with E-state index in [0.717, 1.165) is 5.56 Å². The first-order chi connectivity index (χ1) is 15.1. The van der Waals surface area contributed by atoms with Crippen LogP contribution in [0.25, 0.3) is 0 Å². The molecule has 0 radical (unpaired) electrons. The van der Waals surface area contributed by atoms with Gasteiger partial charge in [0.1, 0.15) is 17.6 Å². The van der Waals surface area contributed by atoms with Crippen LogP contribution >= 0.6 is 0 Å². The van der Waals surface area contributed by atoms with Gasteiger partial charge in [-0.1, -0.05) is 66.7 Å². The predicted molar refractivity (Wildman–Crippen MR) is 115 cm³/mol. The second-order valence-electron chi connectivity index (χ2n) is 8.11. The largest absolute Gasteiger partial charge is 0.508 e. The van der Waals surface area contributed by atoms with Crippen molar-refractivity contribution in [3.05, 3.63) is 101 Å².